The van der Waals surface area contributed by atoms with Crippen molar-refractivity contribution in [3.8, 4) is 6.07 Å². The maximum absolute atomic E-state index is 11.2. The molecule has 14 heavy (non-hydrogen) atoms. The Morgan fingerprint density at radius 2 is 2.57 bits per heavy atom. The summed E-state index contributed by atoms with van der Waals surface area (Å²) in [5.74, 6) is -0.230. The van der Waals surface area contributed by atoms with E-state index in [-0.39, 0.29) is 12.0 Å². The van der Waals surface area contributed by atoms with Crippen LogP contribution in [0.1, 0.15) is 6.42 Å². The van der Waals surface area contributed by atoms with Crippen LogP contribution in [0.2, 0.25) is 0 Å². The van der Waals surface area contributed by atoms with Gasteiger partial charge in [0.2, 0.25) is 0 Å². The minimum absolute atomic E-state index is 0.230. The van der Waals surface area contributed by atoms with Crippen LogP contribution in [0.15, 0.2) is 0 Å². The van der Waals surface area contributed by atoms with Gasteiger partial charge < -0.3 is 10.1 Å². The van der Waals surface area contributed by atoms with Crippen LogP contribution < -0.4 is 5.32 Å². The van der Waals surface area contributed by atoms with Crippen molar-refractivity contribution in [3.63, 3.8) is 0 Å². The first kappa shape index (κ1) is 11.0. The van der Waals surface area contributed by atoms with Gasteiger partial charge in [-0.15, -0.1) is 0 Å². The Kier molecular flexibility index (Phi) is 4.36. The molecule has 5 heteroatoms. The zero-order valence-corrected chi connectivity index (χ0v) is 8.32. The molecular formula is C9H15N3O2. The lowest BCUT2D eigenvalue weighted by Gasteiger charge is -2.31. The number of carbonyl (C=O) groups is 1. The molecule has 0 spiro atoms. The molecule has 0 amide bonds. The number of hydrogen-bond acceptors (Lipinski definition) is 5. The Bertz CT molecular complexity index is 237. The van der Waals surface area contributed by atoms with Crippen LogP contribution in [0.4, 0.5) is 0 Å². The smallest absolute Gasteiger partial charge is 0.324 e. The predicted octanol–water partition coefficient (Wildman–Crippen LogP) is -0.653. The number of carbonyl (C=O) groups excluding carboxylic acids is 1. The van der Waals surface area contributed by atoms with E-state index in [4.69, 9.17) is 5.26 Å². The Labute approximate surface area is 83.6 Å². The zero-order chi connectivity index (χ0) is 10.4. The predicted molar refractivity (Wildman–Crippen MR) is 50.5 cm³/mol. The molecule has 0 radical (unpaired) electrons. The highest BCUT2D eigenvalue weighted by molar-refractivity contribution is 5.76. The van der Waals surface area contributed by atoms with E-state index in [0.29, 0.717) is 13.0 Å². The molecule has 0 bridgehead atoms. The summed E-state index contributed by atoms with van der Waals surface area (Å²) in [6.45, 7) is 3.01. The Morgan fingerprint density at radius 3 is 3.21 bits per heavy atom. The van der Waals surface area contributed by atoms with E-state index in [2.05, 4.69) is 21.0 Å². The lowest BCUT2D eigenvalue weighted by molar-refractivity contribution is -0.144. The second-order valence-electron chi connectivity index (χ2n) is 3.24. The number of ether oxygens (including phenoxy) is 1. The van der Waals surface area contributed by atoms with Crippen LogP contribution in [0.25, 0.3) is 0 Å². The second kappa shape index (κ2) is 5.58. The highest BCUT2D eigenvalue weighted by Crippen LogP contribution is 2.01. The fourth-order valence-corrected chi connectivity index (χ4v) is 1.52. The molecule has 1 atom stereocenters. The summed E-state index contributed by atoms with van der Waals surface area (Å²) in [6.07, 6.45) is 0.508. The summed E-state index contributed by atoms with van der Waals surface area (Å²) in [5.41, 5.74) is 0. The van der Waals surface area contributed by atoms with Gasteiger partial charge in [0.05, 0.1) is 13.2 Å². The van der Waals surface area contributed by atoms with E-state index in [0.717, 1.165) is 19.6 Å². The Hall–Kier alpha value is -1.12. The average molecular weight is 197 g/mol. The molecule has 1 fully saturated rings. The highest BCUT2D eigenvalue weighted by atomic mass is 16.5. The van der Waals surface area contributed by atoms with Crippen LogP contribution in [-0.2, 0) is 9.53 Å². The first-order chi connectivity index (χ1) is 6.77. The van der Waals surface area contributed by atoms with Crippen molar-refractivity contribution >= 4 is 5.97 Å². The van der Waals surface area contributed by atoms with Gasteiger partial charge in [-0.1, -0.05) is 0 Å². The van der Waals surface area contributed by atoms with Crippen molar-refractivity contribution < 1.29 is 9.53 Å². The molecule has 1 heterocycles. The number of methoxy groups -OCH3 is 1. The van der Waals surface area contributed by atoms with Gasteiger partial charge in [-0.2, -0.15) is 5.26 Å². The van der Waals surface area contributed by atoms with Crippen LogP contribution in [0.5, 0.6) is 0 Å². The monoisotopic (exact) mass is 197 g/mol. The average Bonchev–Trinajstić information content (AvgIpc) is 2.25. The van der Waals surface area contributed by atoms with E-state index in [9.17, 15) is 4.79 Å². The van der Waals surface area contributed by atoms with Crippen molar-refractivity contribution in [1.29, 1.82) is 5.26 Å². The van der Waals surface area contributed by atoms with Crippen molar-refractivity contribution in [3.05, 3.63) is 0 Å². The molecule has 1 aliphatic heterocycles. The molecule has 5 nitrogen and oxygen atoms in total. The second-order valence-corrected chi connectivity index (χ2v) is 3.24. The number of rotatable bonds is 3. The molecule has 78 valence electrons. The van der Waals surface area contributed by atoms with Crippen LogP contribution in [0, 0.1) is 11.3 Å². The fourth-order valence-electron chi connectivity index (χ4n) is 1.52. The topological polar surface area (TPSA) is 65.4 Å². The summed E-state index contributed by atoms with van der Waals surface area (Å²) in [4.78, 5) is 13.3. The maximum Gasteiger partial charge on any atom is 0.324 e. The first-order valence-electron chi connectivity index (χ1n) is 4.68. The molecule has 1 unspecified atom stereocenters. The van der Waals surface area contributed by atoms with Crippen LogP contribution in [-0.4, -0.2) is 50.2 Å². The van der Waals surface area contributed by atoms with Gasteiger partial charge in [0.1, 0.15) is 6.04 Å². The molecular weight excluding hydrogens is 182 g/mol. The number of nitrogens with one attached hydrogen (secondary N) is 1. The van der Waals surface area contributed by atoms with Gasteiger partial charge in [0.25, 0.3) is 0 Å². The largest absolute Gasteiger partial charge is 0.468 e. The summed E-state index contributed by atoms with van der Waals surface area (Å²) >= 11 is 0. The number of nitrogens with zero attached hydrogens (tertiary/aromatic N) is 2. The van der Waals surface area contributed by atoms with Gasteiger partial charge >= 0.3 is 5.97 Å². The molecule has 0 aromatic rings. The fraction of sp³-hybridized carbons (Fsp3) is 0.778. The molecule has 1 rings (SSSR count). The van der Waals surface area contributed by atoms with Crippen LogP contribution >= 0.6 is 0 Å². The zero-order valence-electron chi connectivity index (χ0n) is 8.32. The van der Waals surface area contributed by atoms with Gasteiger partial charge in [0.15, 0.2) is 0 Å². The van der Waals surface area contributed by atoms with Gasteiger partial charge in [-0.3, -0.25) is 9.69 Å². The Balaban J connectivity index is 2.36. The van der Waals surface area contributed by atoms with E-state index in [1.54, 1.807) is 0 Å². The summed E-state index contributed by atoms with van der Waals surface area (Å²) < 4.78 is 4.65. The maximum atomic E-state index is 11.2. The minimum Gasteiger partial charge on any atom is -0.468 e. The van der Waals surface area contributed by atoms with Crippen molar-refractivity contribution in [1.82, 2.24) is 10.2 Å². The molecule has 0 aromatic heterocycles. The van der Waals surface area contributed by atoms with Crippen molar-refractivity contribution in [2.45, 2.75) is 12.5 Å². The Morgan fingerprint density at radius 1 is 1.79 bits per heavy atom. The number of piperazine rings is 1. The standard InChI is InChI=1S/C9H15N3O2/c1-14-9(13)8-7-12(5-2-3-10)6-4-11-8/h8,11H,2,4-7H2,1H3. The molecule has 1 aliphatic rings. The third-order valence-electron chi connectivity index (χ3n) is 2.29. The molecule has 0 saturated carbocycles. The normalized spacial score (nSPS) is 22.7. The summed E-state index contributed by atoms with van der Waals surface area (Å²) in [5, 5.41) is 11.5. The SMILES string of the molecule is COC(=O)C1CN(CCC#N)CCN1. The lowest BCUT2D eigenvalue weighted by Crippen LogP contribution is -2.54. The van der Waals surface area contributed by atoms with E-state index in [1.165, 1.54) is 7.11 Å². The van der Waals surface area contributed by atoms with Crippen molar-refractivity contribution in [2.24, 2.45) is 0 Å². The summed E-state index contributed by atoms with van der Waals surface area (Å²) in [7, 11) is 1.39. The minimum atomic E-state index is -0.243. The molecule has 0 aliphatic carbocycles. The van der Waals surface area contributed by atoms with Gasteiger partial charge in [-0.05, 0) is 0 Å². The number of esters is 1. The third-order valence-corrected chi connectivity index (χ3v) is 2.29. The molecule has 1 saturated heterocycles. The quantitative estimate of drug-likeness (QED) is 0.609. The molecule has 0 aromatic carbocycles. The lowest BCUT2D eigenvalue weighted by atomic mass is 10.2. The first-order valence-corrected chi connectivity index (χ1v) is 4.68. The van der Waals surface area contributed by atoms with E-state index in [1.807, 2.05) is 0 Å². The highest BCUT2D eigenvalue weighted by Gasteiger charge is 2.25. The van der Waals surface area contributed by atoms with Gasteiger partial charge in [0, 0.05) is 32.6 Å². The van der Waals surface area contributed by atoms with E-state index >= 15 is 0 Å². The number of nitriles is 1. The van der Waals surface area contributed by atoms with E-state index < -0.39 is 0 Å². The molecule has 1 N–H and O–H groups in total. The summed E-state index contributed by atoms with van der Waals surface area (Å²) in [6, 6.07) is 1.85. The van der Waals surface area contributed by atoms with Crippen molar-refractivity contribution in [2.75, 3.05) is 33.3 Å². The van der Waals surface area contributed by atoms with Crippen LogP contribution in [0.3, 0.4) is 0 Å². The number of hydrogen-bond donors (Lipinski definition) is 1. The third kappa shape index (κ3) is 2.98. The van der Waals surface area contributed by atoms with Gasteiger partial charge in [-0.25, -0.2) is 0 Å².